The summed E-state index contributed by atoms with van der Waals surface area (Å²) in [4.78, 5) is 19.2. The molecule has 0 radical (unpaired) electrons. The van der Waals surface area contributed by atoms with Gasteiger partial charge in [0.05, 0.1) is 6.04 Å². The fourth-order valence-corrected chi connectivity index (χ4v) is 3.12. The Kier molecular flexibility index (Phi) is 6.47. The summed E-state index contributed by atoms with van der Waals surface area (Å²) >= 11 is 1.76. The van der Waals surface area contributed by atoms with Gasteiger partial charge in [-0.05, 0) is 36.8 Å². The van der Waals surface area contributed by atoms with Gasteiger partial charge < -0.3 is 10.2 Å². The number of amides is 2. The van der Waals surface area contributed by atoms with E-state index in [0.29, 0.717) is 11.8 Å². The molecule has 1 aromatic heterocycles. The Morgan fingerprint density at radius 2 is 1.83 bits per heavy atom. The largest absolute Gasteiger partial charge is 0.337 e. The summed E-state index contributed by atoms with van der Waals surface area (Å²) in [5.74, 6) is 0. The van der Waals surface area contributed by atoms with Crippen LogP contribution in [0.25, 0.3) is 0 Å². The fraction of sp³-hybridized carbons (Fsp3) is 0.333. The van der Waals surface area contributed by atoms with Crippen molar-refractivity contribution in [2.24, 2.45) is 0 Å². The molecule has 122 valence electrons. The SMILES string of the molecule is CC(CNC(=O)N(C)C(C)c1ccncc1)Sc1ccccc1. The first-order valence-corrected chi connectivity index (χ1v) is 8.58. The number of carbonyl (C=O) groups excluding carboxylic acids is 1. The van der Waals surface area contributed by atoms with E-state index in [9.17, 15) is 4.79 Å². The summed E-state index contributed by atoms with van der Waals surface area (Å²) in [6, 6.07) is 14.0. The fourth-order valence-electron chi connectivity index (χ4n) is 2.17. The number of rotatable bonds is 6. The van der Waals surface area contributed by atoms with Crippen LogP contribution in [0.1, 0.15) is 25.5 Å². The highest BCUT2D eigenvalue weighted by Gasteiger charge is 2.17. The number of urea groups is 1. The van der Waals surface area contributed by atoms with Crippen molar-refractivity contribution in [3.8, 4) is 0 Å². The van der Waals surface area contributed by atoms with E-state index in [4.69, 9.17) is 0 Å². The number of nitrogens with zero attached hydrogens (tertiary/aromatic N) is 2. The van der Waals surface area contributed by atoms with Gasteiger partial charge in [-0.15, -0.1) is 11.8 Å². The molecular formula is C18H23N3OS. The Bertz CT molecular complexity index is 606. The van der Waals surface area contributed by atoms with E-state index in [2.05, 4.69) is 29.4 Å². The molecule has 0 saturated heterocycles. The number of carbonyl (C=O) groups is 1. The molecule has 0 bridgehead atoms. The lowest BCUT2D eigenvalue weighted by atomic mass is 10.1. The van der Waals surface area contributed by atoms with Gasteiger partial charge in [0.15, 0.2) is 0 Å². The first kappa shape index (κ1) is 17.3. The van der Waals surface area contributed by atoms with E-state index >= 15 is 0 Å². The van der Waals surface area contributed by atoms with Crippen molar-refractivity contribution in [3.05, 3.63) is 60.4 Å². The van der Waals surface area contributed by atoms with Gasteiger partial charge in [0.25, 0.3) is 0 Å². The highest BCUT2D eigenvalue weighted by Crippen LogP contribution is 2.22. The lowest BCUT2D eigenvalue weighted by Crippen LogP contribution is -2.41. The summed E-state index contributed by atoms with van der Waals surface area (Å²) in [6.45, 7) is 4.76. The molecule has 0 aliphatic carbocycles. The van der Waals surface area contributed by atoms with Crippen molar-refractivity contribution >= 4 is 17.8 Å². The number of hydrogen-bond donors (Lipinski definition) is 1. The molecule has 2 aromatic rings. The van der Waals surface area contributed by atoms with Crippen molar-refractivity contribution in [3.63, 3.8) is 0 Å². The van der Waals surface area contributed by atoms with Gasteiger partial charge in [0.2, 0.25) is 0 Å². The molecule has 0 spiro atoms. The standard InChI is InChI=1S/C18H23N3OS/c1-14(23-17-7-5-4-6-8-17)13-20-18(22)21(3)15(2)16-9-11-19-12-10-16/h4-12,14-15H,13H2,1-3H3,(H,20,22). The lowest BCUT2D eigenvalue weighted by molar-refractivity contribution is 0.194. The molecule has 0 saturated carbocycles. The van der Waals surface area contributed by atoms with Crippen LogP contribution in [-0.4, -0.2) is 34.8 Å². The molecular weight excluding hydrogens is 306 g/mol. The van der Waals surface area contributed by atoms with Crippen molar-refractivity contribution in [1.82, 2.24) is 15.2 Å². The minimum atomic E-state index is -0.0603. The Morgan fingerprint density at radius 3 is 2.48 bits per heavy atom. The van der Waals surface area contributed by atoms with Crippen LogP contribution in [0, 0.1) is 0 Å². The topological polar surface area (TPSA) is 45.2 Å². The zero-order valence-electron chi connectivity index (χ0n) is 13.8. The summed E-state index contributed by atoms with van der Waals surface area (Å²) in [7, 11) is 1.81. The van der Waals surface area contributed by atoms with Crippen LogP contribution in [0.4, 0.5) is 4.79 Å². The molecule has 2 unspecified atom stereocenters. The van der Waals surface area contributed by atoms with E-state index < -0.39 is 0 Å². The molecule has 23 heavy (non-hydrogen) atoms. The minimum Gasteiger partial charge on any atom is -0.337 e. The summed E-state index contributed by atoms with van der Waals surface area (Å²) in [6.07, 6.45) is 3.49. The van der Waals surface area contributed by atoms with Crippen LogP contribution in [-0.2, 0) is 0 Å². The first-order valence-electron chi connectivity index (χ1n) is 7.70. The highest BCUT2D eigenvalue weighted by atomic mass is 32.2. The Balaban J connectivity index is 1.82. The van der Waals surface area contributed by atoms with Gasteiger partial charge in [-0.1, -0.05) is 25.1 Å². The van der Waals surface area contributed by atoms with Crippen molar-refractivity contribution in [2.45, 2.75) is 30.0 Å². The number of thioether (sulfide) groups is 1. The third kappa shape index (κ3) is 5.28. The predicted octanol–water partition coefficient (Wildman–Crippen LogP) is 3.96. The molecule has 4 nitrogen and oxygen atoms in total. The van der Waals surface area contributed by atoms with Gasteiger partial charge in [0.1, 0.15) is 0 Å². The lowest BCUT2D eigenvalue weighted by Gasteiger charge is -2.26. The maximum Gasteiger partial charge on any atom is 0.317 e. The van der Waals surface area contributed by atoms with Crippen molar-refractivity contribution < 1.29 is 4.79 Å². The summed E-state index contributed by atoms with van der Waals surface area (Å²) in [5.41, 5.74) is 1.07. The zero-order chi connectivity index (χ0) is 16.7. The van der Waals surface area contributed by atoms with Gasteiger partial charge in [-0.2, -0.15) is 0 Å². The summed E-state index contributed by atoms with van der Waals surface area (Å²) < 4.78 is 0. The Hall–Kier alpha value is -2.01. The molecule has 0 fully saturated rings. The normalized spacial score (nSPS) is 13.2. The first-order chi connectivity index (χ1) is 11.1. The monoisotopic (exact) mass is 329 g/mol. The molecule has 2 atom stereocenters. The van der Waals surface area contributed by atoms with Crippen LogP contribution in [0.5, 0.6) is 0 Å². The molecule has 1 aromatic carbocycles. The van der Waals surface area contributed by atoms with E-state index in [0.717, 1.165) is 5.56 Å². The number of nitrogens with one attached hydrogen (secondary N) is 1. The van der Waals surface area contributed by atoms with Crippen LogP contribution < -0.4 is 5.32 Å². The number of aromatic nitrogens is 1. The third-order valence-corrected chi connectivity index (χ3v) is 4.82. The van der Waals surface area contributed by atoms with E-state index in [1.807, 2.05) is 44.3 Å². The molecule has 2 rings (SSSR count). The molecule has 1 N–H and O–H groups in total. The number of benzene rings is 1. The molecule has 0 aliphatic heterocycles. The van der Waals surface area contributed by atoms with E-state index in [1.54, 1.807) is 29.1 Å². The highest BCUT2D eigenvalue weighted by molar-refractivity contribution is 8.00. The van der Waals surface area contributed by atoms with Crippen molar-refractivity contribution in [1.29, 1.82) is 0 Å². The Labute approximate surface area is 142 Å². The Morgan fingerprint density at radius 1 is 1.17 bits per heavy atom. The molecule has 5 heteroatoms. The van der Waals surface area contributed by atoms with Crippen LogP contribution in [0.3, 0.4) is 0 Å². The second-order valence-electron chi connectivity index (χ2n) is 5.49. The number of pyridine rings is 1. The average Bonchev–Trinajstić information content (AvgIpc) is 2.60. The van der Waals surface area contributed by atoms with Crippen LogP contribution >= 0.6 is 11.8 Å². The smallest absolute Gasteiger partial charge is 0.317 e. The number of hydrogen-bond acceptors (Lipinski definition) is 3. The molecule has 1 heterocycles. The average molecular weight is 329 g/mol. The second kappa shape index (κ2) is 8.58. The van der Waals surface area contributed by atoms with Gasteiger partial charge in [-0.3, -0.25) is 4.98 Å². The zero-order valence-corrected chi connectivity index (χ0v) is 14.6. The maximum absolute atomic E-state index is 12.3. The van der Waals surface area contributed by atoms with Gasteiger partial charge in [0, 0.05) is 36.1 Å². The van der Waals surface area contributed by atoms with Gasteiger partial charge in [-0.25, -0.2) is 4.79 Å². The van der Waals surface area contributed by atoms with Crippen LogP contribution in [0.2, 0.25) is 0 Å². The van der Waals surface area contributed by atoms with Crippen molar-refractivity contribution in [2.75, 3.05) is 13.6 Å². The predicted molar refractivity (Wildman–Crippen MR) is 95.6 cm³/mol. The maximum atomic E-state index is 12.3. The second-order valence-corrected chi connectivity index (χ2v) is 7.01. The van der Waals surface area contributed by atoms with E-state index in [-0.39, 0.29) is 12.1 Å². The van der Waals surface area contributed by atoms with E-state index in [1.165, 1.54) is 4.90 Å². The quantitative estimate of drug-likeness (QED) is 0.816. The molecule has 0 aliphatic rings. The minimum absolute atomic E-state index is 0.00934. The third-order valence-electron chi connectivity index (χ3n) is 3.71. The van der Waals surface area contributed by atoms with Gasteiger partial charge >= 0.3 is 6.03 Å². The van der Waals surface area contributed by atoms with Crippen LogP contribution in [0.15, 0.2) is 59.8 Å². The summed E-state index contributed by atoms with van der Waals surface area (Å²) in [5, 5.41) is 3.31. The molecule has 2 amide bonds.